The number of benzene rings is 1. The second-order valence-corrected chi connectivity index (χ2v) is 4.40. The first-order valence-corrected chi connectivity index (χ1v) is 5.27. The second-order valence-electron chi connectivity index (χ2n) is 3.56. The minimum Gasteiger partial charge on any atom is -0.197 e. The Bertz CT molecular complexity index is 420. The van der Waals surface area contributed by atoms with Gasteiger partial charge in [-0.05, 0) is 37.1 Å². The van der Waals surface area contributed by atoms with Gasteiger partial charge >= 0.3 is 0 Å². The van der Waals surface area contributed by atoms with Crippen LogP contribution in [0.25, 0.3) is 0 Å². The van der Waals surface area contributed by atoms with E-state index in [-0.39, 0.29) is 0 Å². The Morgan fingerprint density at radius 3 is 2.73 bits per heavy atom. The van der Waals surface area contributed by atoms with Crippen molar-refractivity contribution < 1.29 is 0 Å². The smallest absolute Gasteiger partial charge is 0.0843 e. The minimum atomic E-state index is -0.663. The molecular weight excluding hydrogens is 229 g/mol. The van der Waals surface area contributed by atoms with Gasteiger partial charge in [0.1, 0.15) is 0 Å². The van der Waals surface area contributed by atoms with E-state index in [4.69, 9.17) is 23.2 Å². The normalized spacial score (nSPS) is 14.0. The van der Waals surface area contributed by atoms with Crippen LogP contribution in [0.1, 0.15) is 18.9 Å². The van der Waals surface area contributed by atoms with Crippen LogP contribution in [0.5, 0.6) is 0 Å². The standard InChI is InChI=1S/C12H11Cl2N/c1-3-6-12(2,8-15)10-7-9(13)4-5-11(10)14/h3-5,7H,1,6H2,2H3. The van der Waals surface area contributed by atoms with Crippen LogP contribution in [0.4, 0.5) is 0 Å². The summed E-state index contributed by atoms with van der Waals surface area (Å²) in [4.78, 5) is 0. The highest BCUT2D eigenvalue weighted by molar-refractivity contribution is 6.33. The van der Waals surface area contributed by atoms with Crippen molar-refractivity contribution in [2.75, 3.05) is 0 Å². The molecule has 1 atom stereocenters. The first-order valence-electron chi connectivity index (χ1n) is 4.51. The summed E-state index contributed by atoms with van der Waals surface area (Å²) in [5.41, 5.74) is 0.0862. The third-order valence-electron chi connectivity index (χ3n) is 2.32. The molecule has 0 bridgehead atoms. The van der Waals surface area contributed by atoms with Gasteiger partial charge in [-0.2, -0.15) is 5.26 Å². The SMILES string of the molecule is C=CCC(C)(C#N)c1cc(Cl)ccc1Cl. The molecule has 78 valence electrons. The molecule has 15 heavy (non-hydrogen) atoms. The van der Waals surface area contributed by atoms with Crippen LogP contribution < -0.4 is 0 Å². The molecule has 1 nitrogen and oxygen atoms in total. The predicted octanol–water partition coefficient (Wildman–Crippen LogP) is 4.35. The number of hydrogen-bond acceptors (Lipinski definition) is 1. The molecule has 0 aliphatic rings. The first-order chi connectivity index (χ1) is 7.03. The highest BCUT2D eigenvalue weighted by Gasteiger charge is 2.27. The quantitative estimate of drug-likeness (QED) is 0.720. The van der Waals surface area contributed by atoms with E-state index >= 15 is 0 Å². The molecule has 1 aromatic rings. The van der Waals surface area contributed by atoms with Gasteiger partial charge in [0.25, 0.3) is 0 Å². The van der Waals surface area contributed by atoms with Crippen LogP contribution in [0.2, 0.25) is 10.0 Å². The topological polar surface area (TPSA) is 23.8 Å². The maximum absolute atomic E-state index is 9.19. The summed E-state index contributed by atoms with van der Waals surface area (Å²) in [6.07, 6.45) is 2.25. The van der Waals surface area contributed by atoms with E-state index in [2.05, 4.69) is 12.6 Å². The predicted molar refractivity (Wildman–Crippen MR) is 64.2 cm³/mol. The van der Waals surface area contributed by atoms with Crippen molar-refractivity contribution in [3.63, 3.8) is 0 Å². The summed E-state index contributed by atoms with van der Waals surface area (Å²) in [6, 6.07) is 7.40. The molecule has 1 rings (SSSR count). The minimum absolute atomic E-state index is 0.545. The van der Waals surface area contributed by atoms with Crippen LogP contribution in [-0.4, -0.2) is 0 Å². The van der Waals surface area contributed by atoms with Crippen molar-refractivity contribution in [2.45, 2.75) is 18.8 Å². The molecule has 3 heteroatoms. The van der Waals surface area contributed by atoms with Gasteiger partial charge in [-0.25, -0.2) is 0 Å². The average Bonchev–Trinajstić information content (AvgIpc) is 2.22. The Balaban J connectivity index is 3.29. The third kappa shape index (κ3) is 2.53. The van der Waals surface area contributed by atoms with Gasteiger partial charge in [0, 0.05) is 10.0 Å². The van der Waals surface area contributed by atoms with E-state index in [1.54, 1.807) is 24.3 Å². The van der Waals surface area contributed by atoms with Crippen LogP contribution in [0.15, 0.2) is 30.9 Å². The van der Waals surface area contributed by atoms with Gasteiger partial charge in [-0.3, -0.25) is 0 Å². The van der Waals surface area contributed by atoms with E-state index in [0.717, 1.165) is 5.56 Å². The highest BCUT2D eigenvalue weighted by atomic mass is 35.5. The summed E-state index contributed by atoms with van der Waals surface area (Å²) < 4.78 is 0. The zero-order valence-electron chi connectivity index (χ0n) is 8.43. The number of nitrogens with zero attached hydrogens (tertiary/aromatic N) is 1. The van der Waals surface area contributed by atoms with Crippen LogP contribution in [0, 0.1) is 11.3 Å². The highest BCUT2D eigenvalue weighted by Crippen LogP contribution is 2.34. The molecule has 0 N–H and O–H groups in total. The fourth-order valence-corrected chi connectivity index (χ4v) is 1.92. The summed E-state index contributed by atoms with van der Waals surface area (Å²) >= 11 is 11.9. The lowest BCUT2D eigenvalue weighted by Crippen LogP contribution is -2.18. The Labute approximate surface area is 99.9 Å². The van der Waals surface area contributed by atoms with Gasteiger partial charge in [0.15, 0.2) is 0 Å². The van der Waals surface area contributed by atoms with Gasteiger partial charge in [-0.15, -0.1) is 6.58 Å². The number of rotatable bonds is 3. The molecule has 1 unspecified atom stereocenters. The Morgan fingerprint density at radius 2 is 2.20 bits per heavy atom. The number of halogens is 2. The van der Waals surface area contributed by atoms with E-state index < -0.39 is 5.41 Å². The zero-order chi connectivity index (χ0) is 11.5. The maximum atomic E-state index is 9.19. The Kier molecular flexibility index (Phi) is 3.79. The maximum Gasteiger partial charge on any atom is 0.0843 e. The van der Waals surface area contributed by atoms with Crippen molar-refractivity contribution in [1.82, 2.24) is 0 Å². The lowest BCUT2D eigenvalue weighted by Gasteiger charge is -2.21. The second kappa shape index (κ2) is 4.70. The fourth-order valence-electron chi connectivity index (χ4n) is 1.42. The molecule has 0 aliphatic carbocycles. The number of nitriles is 1. The van der Waals surface area contributed by atoms with Gasteiger partial charge in [-0.1, -0.05) is 29.3 Å². The molecule has 0 aromatic heterocycles. The van der Waals surface area contributed by atoms with Crippen molar-refractivity contribution in [2.24, 2.45) is 0 Å². The largest absolute Gasteiger partial charge is 0.197 e. The summed E-state index contributed by atoms with van der Waals surface area (Å²) in [5, 5.41) is 10.3. The van der Waals surface area contributed by atoms with Gasteiger partial charge < -0.3 is 0 Å². The molecule has 0 fully saturated rings. The fraction of sp³-hybridized carbons (Fsp3) is 0.250. The van der Waals surface area contributed by atoms with Crippen molar-refractivity contribution >= 4 is 23.2 Å². The van der Waals surface area contributed by atoms with Crippen LogP contribution in [0.3, 0.4) is 0 Å². The first kappa shape index (κ1) is 12.1. The molecule has 0 saturated heterocycles. The molecule has 0 saturated carbocycles. The van der Waals surface area contributed by atoms with Crippen LogP contribution in [-0.2, 0) is 5.41 Å². The molecule has 0 aliphatic heterocycles. The van der Waals surface area contributed by atoms with E-state index in [9.17, 15) is 5.26 Å². The Hall–Kier alpha value is -0.970. The van der Waals surface area contributed by atoms with Crippen molar-refractivity contribution in [3.05, 3.63) is 46.5 Å². The number of allylic oxidation sites excluding steroid dienone is 1. The number of hydrogen-bond donors (Lipinski definition) is 0. The monoisotopic (exact) mass is 239 g/mol. The molecular formula is C12H11Cl2N. The molecule has 1 aromatic carbocycles. The Morgan fingerprint density at radius 1 is 1.53 bits per heavy atom. The molecule has 0 spiro atoms. The van der Waals surface area contributed by atoms with Gasteiger partial charge in [0.05, 0.1) is 11.5 Å². The average molecular weight is 240 g/mol. The van der Waals surface area contributed by atoms with Crippen molar-refractivity contribution in [1.29, 1.82) is 5.26 Å². The third-order valence-corrected chi connectivity index (χ3v) is 2.89. The van der Waals surface area contributed by atoms with E-state index in [1.807, 2.05) is 6.92 Å². The summed E-state index contributed by atoms with van der Waals surface area (Å²) in [5.74, 6) is 0. The molecule has 0 heterocycles. The molecule has 0 radical (unpaired) electrons. The summed E-state index contributed by atoms with van der Waals surface area (Å²) in [7, 11) is 0. The van der Waals surface area contributed by atoms with Gasteiger partial charge in [0.2, 0.25) is 0 Å². The van der Waals surface area contributed by atoms with Crippen molar-refractivity contribution in [3.8, 4) is 6.07 Å². The van der Waals surface area contributed by atoms with Crippen LogP contribution >= 0.6 is 23.2 Å². The van der Waals surface area contributed by atoms with E-state index in [1.165, 1.54) is 0 Å². The zero-order valence-corrected chi connectivity index (χ0v) is 9.94. The summed E-state index contributed by atoms with van der Waals surface area (Å²) in [6.45, 7) is 5.47. The molecule has 0 amide bonds. The van der Waals surface area contributed by atoms with E-state index in [0.29, 0.717) is 16.5 Å². The lowest BCUT2D eigenvalue weighted by molar-refractivity contribution is 0.622. The lowest BCUT2D eigenvalue weighted by atomic mass is 9.81.